The first-order valence-corrected chi connectivity index (χ1v) is 10.7. The highest BCUT2D eigenvalue weighted by Crippen LogP contribution is 2.22. The summed E-state index contributed by atoms with van der Waals surface area (Å²) >= 11 is 3.04. The Hall–Kier alpha value is -2.42. The van der Waals surface area contributed by atoms with E-state index in [1.54, 1.807) is 31.0 Å². The molecule has 3 rings (SSSR count). The van der Waals surface area contributed by atoms with Gasteiger partial charge >= 0.3 is 0 Å². The molecule has 1 heterocycles. The third-order valence-corrected chi connectivity index (χ3v) is 5.84. The van der Waals surface area contributed by atoms with Crippen LogP contribution >= 0.6 is 23.1 Å². The lowest BCUT2D eigenvalue weighted by Crippen LogP contribution is -2.19. The van der Waals surface area contributed by atoms with E-state index in [2.05, 4.69) is 10.3 Å². The highest BCUT2D eigenvalue weighted by Gasteiger charge is 2.10. The fourth-order valence-corrected chi connectivity index (χ4v) is 4.23. The number of nitrogens with one attached hydrogen (secondary N) is 1. The zero-order valence-electron chi connectivity index (χ0n) is 15.9. The van der Waals surface area contributed by atoms with Gasteiger partial charge in [-0.05, 0) is 48.7 Å². The average molecular weight is 416 g/mol. The number of carbonyl (C=O) groups is 2. The van der Waals surface area contributed by atoms with Gasteiger partial charge in [-0.15, -0.1) is 11.8 Å². The lowest BCUT2D eigenvalue weighted by atomic mass is 10.2. The Morgan fingerprint density at radius 1 is 1.21 bits per heavy atom. The van der Waals surface area contributed by atoms with Crippen molar-refractivity contribution in [2.45, 2.75) is 18.4 Å². The van der Waals surface area contributed by atoms with Crippen molar-refractivity contribution in [2.75, 3.05) is 25.3 Å². The van der Waals surface area contributed by atoms with E-state index in [0.717, 1.165) is 15.1 Å². The quantitative estimate of drug-likeness (QED) is 0.622. The van der Waals surface area contributed by atoms with Gasteiger partial charge in [-0.25, -0.2) is 0 Å². The molecule has 3 aromatic rings. The van der Waals surface area contributed by atoms with Gasteiger partial charge in [0.1, 0.15) is 0 Å². The number of nitrogens with zero attached hydrogens (tertiary/aromatic N) is 2. The number of hydrogen-bond acceptors (Lipinski definition) is 5. The van der Waals surface area contributed by atoms with Crippen LogP contribution in [0.3, 0.4) is 0 Å². The molecule has 1 aromatic heterocycles. The molecule has 2 amide bonds. The number of thiazole rings is 1. The molecule has 146 valence electrons. The Bertz CT molecular complexity index is 1070. The summed E-state index contributed by atoms with van der Waals surface area (Å²) < 4.78 is 8.11. The Kier molecular flexibility index (Phi) is 6.66. The highest BCUT2D eigenvalue weighted by molar-refractivity contribution is 7.98. The molecule has 0 saturated carbocycles. The van der Waals surface area contributed by atoms with Crippen LogP contribution in [0.15, 0.2) is 52.4 Å². The summed E-state index contributed by atoms with van der Waals surface area (Å²) in [7, 11) is 1.64. The molecule has 0 aliphatic carbocycles. The monoisotopic (exact) mass is 415 g/mol. The van der Waals surface area contributed by atoms with Gasteiger partial charge in [0, 0.05) is 36.7 Å². The minimum atomic E-state index is -0.285. The van der Waals surface area contributed by atoms with Crippen LogP contribution in [-0.4, -0.2) is 36.4 Å². The van der Waals surface area contributed by atoms with Gasteiger partial charge in [-0.3, -0.25) is 9.59 Å². The van der Waals surface area contributed by atoms with E-state index in [1.165, 1.54) is 18.3 Å². The standard InChI is InChI=1S/C20H21N3O3S2/c1-13(24)21-15-6-9-17-18(12-15)28-20(23(17)10-11-26-2)22-19(25)14-4-7-16(27-3)8-5-14/h4-9,12H,10-11H2,1-3H3,(H,21,24). The molecule has 0 saturated heterocycles. The van der Waals surface area contributed by atoms with Crippen molar-refractivity contribution >= 4 is 50.8 Å². The lowest BCUT2D eigenvalue weighted by molar-refractivity contribution is -0.114. The molecule has 0 fully saturated rings. The summed E-state index contributed by atoms with van der Waals surface area (Å²) in [6, 6.07) is 13.1. The molecular weight excluding hydrogens is 394 g/mol. The SMILES string of the molecule is COCCn1c(=NC(=O)c2ccc(SC)cc2)sc2cc(NC(C)=O)ccc21. The van der Waals surface area contributed by atoms with Gasteiger partial charge in [0.25, 0.3) is 5.91 Å². The highest BCUT2D eigenvalue weighted by atomic mass is 32.2. The lowest BCUT2D eigenvalue weighted by Gasteiger charge is -2.05. The molecular formula is C20H21N3O3S2. The fraction of sp³-hybridized carbons (Fsp3) is 0.250. The van der Waals surface area contributed by atoms with Crippen molar-refractivity contribution in [2.24, 2.45) is 4.99 Å². The van der Waals surface area contributed by atoms with Crippen molar-refractivity contribution in [3.63, 3.8) is 0 Å². The summed E-state index contributed by atoms with van der Waals surface area (Å²) in [5.74, 6) is -0.413. The number of carbonyl (C=O) groups excluding carboxylic acids is 2. The number of amides is 2. The third kappa shape index (κ3) is 4.70. The first-order valence-electron chi connectivity index (χ1n) is 8.65. The normalized spacial score (nSPS) is 11.8. The number of methoxy groups -OCH3 is 1. The molecule has 0 aliphatic rings. The van der Waals surface area contributed by atoms with Crippen LogP contribution in [0.1, 0.15) is 17.3 Å². The Morgan fingerprint density at radius 2 is 1.96 bits per heavy atom. The average Bonchev–Trinajstić information content (AvgIpc) is 3.02. The molecule has 0 radical (unpaired) electrons. The van der Waals surface area contributed by atoms with Crippen LogP contribution in [0.4, 0.5) is 5.69 Å². The summed E-state index contributed by atoms with van der Waals surface area (Å²) in [5.41, 5.74) is 2.21. The second-order valence-corrected chi connectivity index (χ2v) is 7.93. The van der Waals surface area contributed by atoms with Crippen molar-refractivity contribution < 1.29 is 14.3 Å². The number of anilines is 1. The summed E-state index contributed by atoms with van der Waals surface area (Å²) in [6.07, 6.45) is 1.99. The first-order chi connectivity index (χ1) is 13.5. The van der Waals surface area contributed by atoms with Gasteiger partial charge in [-0.2, -0.15) is 4.99 Å². The van der Waals surface area contributed by atoms with Crippen LogP contribution in [0.2, 0.25) is 0 Å². The second kappa shape index (κ2) is 9.18. The van der Waals surface area contributed by atoms with Crippen molar-refractivity contribution in [1.82, 2.24) is 4.57 Å². The maximum absolute atomic E-state index is 12.7. The molecule has 1 N–H and O–H groups in total. The second-order valence-electron chi connectivity index (χ2n) is 6.04. The van der Waals surface area contributed by atoms with E-state index in [1.807, 2.05) is 41.2 Å². The van der Waals surface area contributed by atoms with E-state index >= 15 is 0 Å². The van der Waals surface area contributed by atoms with Gasteiger partial charge in [0.15, 0.2) is 4.80 Å². The smallest absolute Gasteiger partial charge is 0.279 e. The van der Waals surface area contributed by atoms with Crippen LogP contribution in [0, 0.1) is 0 Å². The van der Waals surface area contributed by atoms with Gasteiger partial charge in [0.05, 0.1) is 16.8 Å². The minimum absolute atomic E-state index is 0.128. The summed E-state index contributed by atoms with van der Waals surface area (Å²) in [6.45, 7) is 2.55. The maximum atomic E-state index is 12.7. The van der Waals surface area contributed by atoms with E-state index < -0.39 is 0 Å². The molecule has 0 unspecified atom stereocenters. The molecule has 0 atom stereocenters. The topological polar surface area (TPSA) is 72.7 Å². The minimum Gasteiger partial charge on any atom is -0.383 e. The van der Waals surface area contributed by atoms with Crippen LogP contribution in [0.5, 0.6) is 0 Å². The number of thioether (sulfide) groups is 1. The number of aromatic nitrogens is 1. The number of ether oxygens (including phenoxy) is 1. The molecule has 6 nitrogen and oxygen atoms in total. The van der Waals surface area contributed by atoms with E-state index in [0.29, 0.717) is 29.2 Å². The van der Waals surface area contributed by atoms with Crippen molar-refractivity contribution in [3.8, 4) is 0 Å². The van der Waals surface area contributed by atoms with Crippen LogP contribution in [0.25, 0.3) is 10.2 Å². The van der Waals surface area contributed by atoms with Crippen LogP contribution in [-0.2, 0) is 16.1 Å². The molecule has 0 aliphatic heterocycles. The molecule has 2 aromatic carbocycles. The van der Waals surface area contributed by atoms with Gasteiger partial charge in [0.2, 0.25) is 5.91 Å². The first kappa shape index (κ1) is 20.3. The molecule has 0 bridgehead atoms. The Morgan fingerprint density at radius 3 is 2.61 bits per heavy atom. The molecule has 28 heavy (non-hydrogen) atoms. The number of fused-ring (bicyclic) bond motifs is 1. The van der Waals surface area contributed by atoms with E-state index in [-0.39, 0.29) is 11.8 Å². The molecule has 0 spiro atoms. The predicted octanol–water partition coefficient (Wildman–Crippen LogP) is 3.77. The van der Waals surface area contributed by atoms with Crippen molar-refractivity contribution in [3.05, 3.63) is 52.8 Å². The van der Waals surface area contributed by atoms with Gasteiger partial charge in [-0.1, -0.05) is 11.3 Å². The van der Waals surface area contributed by atoms with E-state index in [9.17, 15) is 9.59 Å². The van der Waals surface area contributed by atoms with Gasteiger partial charge < -0.3 is 14.6 Å². The third-order valence-electron chi connectivity index (χ3n) is 4.06. The van der Waals surface area contributed by atoms with Crippen molar-refractivity contribution in [1.29, 1.82) is 0 Å². The maximum Gasteiger partial charge on any atom is 0.279 e. The molecule has 8 heteroatoms. The fourth-order valence-electron chi connectivity index (χ4n) is 2.72. The Labute approximate surface area is 171 Å². The number of hydrogen-bond donors (Lipinski definition) is 1. The zero-order valence-corrected chi connectivity index (χ0v) is 17.5. The van der Waals surface area contributed by atoms with E-state index in [4.69, 9.17) is 4.74 Å². The van der Waals surface area contributed by atoms with Crippen LogP contribution < -0.4 is 10.1 Å². The zero-order chi connectivity index (χ0) is 20.1. The Balaban J connectivity index is 2.04. The number of benzene rings is 2. The largest absolute Gasteiger partial charge is 0.383 e. The predicted molar refractivity (Wildman–Crippen MR) is 114 cm³/mol. The summed E-state index contributed by atoms with van der Waals surface area (Å²) in [4.78, 5) is 30.0. The number of rotatable bonds is 6. The summed E-state index contributed by atoms with van der Waals surface area (Å²) in [5, 5.41) is 2.78.